The number of piperazine rings is 1. The lowest BCUT2D eigenvalue weighted by atomic mass is 10.0. The Hall–Kier alpha value is -3.16. The first-order valence-electron chi connectivity index (χ1n) is 9.99. The van der Waals surface area contributed by atoms with Crippen LogP contribution in [0, 0.1) is 0 Å². The molecule has 0 bridgehead atoms. The van der Waals surface area contributed by atoms with Crippen molar-refractivity contribution in [3.63, 3.8) is 0 Å². The Morgan fingerprint density at radius 3 is 2.33 bits per heavy atom. The molecule has 1 unspecified atom stereocenters. The Balaban J connectivity index is 1.55. The van der Waals surface area contributed by atoms with Gasteiger partial charge in [0.05, 0.1) is 5.56 Å². The zero-order valence-electron chi connectivity index (χ0n) is 16.9. The highest BCUT2D eigenvalue weighted by molar-refractivity contribution is 5.96. The lowest BCUT2D eigenvalue weighted by Crippen LogP contribution is -2.48. The van der Waals surface area contributed by atoms with Gasteiger partial charge in [-0.25, -0.2) is 4.79 Å². The number of aliphatic carboxylic acids is 1. The summed E-state index contributed by atoms with van der Waals surface area (Å²) in [5.74, 6) is -1.88. The third-order valence-electron chi connectivity index (χ3n) is 5.82. The number of hydrogen-bond donors (Lipinski definition) is 2. The molecule has 3 aromatic rings. The highest BCUT2D eigenvalue weighted by Crippen LogP contribution is 2.31. The van der Waals surface area contributed by atoms with Gasteiger partial charge < -0.3 is 14.8 Å². The smallest absolute Gasteiger partial charge is 0.335 e. The van der Waals surface area contributed by atoms with Crippen LogP contribution in [0.4, 0.5) is 0 Å². The molecule has 0 radical (unpaired) electrons. The van der Waals surface area contributed by atoms with Gasteiger partial charge in [0.1, 0.15) is 6.04 Å². The second kappa shape index (κ2) is 8.30. The van der Waals surface area contributed by atoms with Crippen molar-refractivity contribution in [3.8, 4) is 0 Å². The number of carbonyl (C=O) groups is 2. The lowest BCUT2D eigenvalue weighted by molar-refractivity contribution is -0.144. The van der Waals surface area contributed by atoms with Crippen LogP contribution in [-0.4, -0.2) is 62.7 Å². The van der Waals surface area contributed by atoms with Gasteiger partial charge in [0.2, 0.25) is 0 Å². The van der Waals surface area contributed by atoms with Crippen molar-refractivity contribution in [2.45, 2.75) is 12.6 Å². The molecular formula is C23H25N3O4. The summed E-state index contributed by atoms with van der Waals surface area (Å²) in [6.45, 7) is 3.78. The van der Waals surface area contributed by atoms with Crippen molar-refractivity contribution in [3.05, 3.63) is 71.4 Å². The number of nitrogens with zero attached hydrogens (tertiary/aromatic N) is 3. The molecule has 0 amide bonds. The number of aromatic carboxylic acids is 1. The Bertz CT molecular complexity index is 1070. The Labute approximate surface area is 174 Å². The van der Waals surface area contributed by atoms with Crippen LogP contribution < -0.4 is 0 Å². The molecule has 1 atom stereocenters. The van der Waals surface area contributed by atoms with Crippen LogP contribution in [-0.2, 0) is 18.4 Å². The molecule has 1 fully saturated rings. The van der Waals surface area contributed by atoms with Gasteiger partial charge in [0, 0.05) is 62.4 Å². The van der Waals surface area contributed by atoms with Gasteiger partial charge in [-0.2, -0.15) is 0 Å². The summed E-state index contributed by atoms with van der Waals surface area (Å²) in [6.07, 6.45) is 1.81. The molecule has 1 aliphatic rings. The number of fused-ring (bicyclic) bond motifs is 1. The summed E-state index contributed by atoms with van der Waals surface area (Å²) in [4.78, 5) is 27.9. The molecule has 1 saturated heterocycles. The number of hydrogen-bond acceptors (Lipinski definition) is 4. The Kier molecular flexibility index (Phi) is 5.57. The first-order chi connectivity index (χ1) is 14.4. The molecule has 1 aromatic heterocycles. The number of carboxylic acids is 2. The fourth-order valence-electron chi connectivity index (χ4n) is 4.27. The average molecular weight is 407 g/mol. The third kappa shape index (κ3) is 3.94. The van der Waals surface area contributed by atoms with Gasteiger partial charge in [-0.05, 0) is 17.7 Å². The third-order valence-corrected chi connectivity index (χ3v) is 5.82. The molecule has 2 N–H and O–H groups in total. The van der Waals surface area contributed by atoms with E-state index < -0.39 is 18.0 Å². The molecule has 7 nitrogen and oxygen atoms in total. The van der Waals surface area contributed by atoms with Gasteiger partial charge >= 0.3 is 11.9 Å². The molecule has 4 rings (SSSR count). The molecule has 2 aromatic carbocycles. The summed E-state index contributed by atoms with van der Waals surface area (Å²) >= 11 is 0. The van der Waals surface area contributed by atoms with E-state index in [4.69, 9.17) is 0 Å². The van der Waals surface area contributed by atoms with E-state index in [-0.39, 0.29) is 5.56 Å². The van der Waals surface area contributed by atoms with Crippen LogP contribution in [0.1, 0.15) is 27.5 Å². The van der Waals surface area contributed by atoms with Gasteiger partial charge in [0.15, 0.2) is 0 Å². The molecule has 2 heterocycles. The van der Waals surface area contributed by atoms with Crippen molar-refractivity contribution in [1.82, 2.24) is 14.4 Å². The van der Waals surface area contributed by atoms with Gasteiger partial charge in [0.25, 0.3) is 0 Å². The van der Waals surface area contributed by atoms with Crippen molar-refractivity contribution >= 4 is 22.8 Å². The second-order valence-corrected chi connectivity index (χ2v) is 7.77. The quantitative estimate of drug-likeness (QED) is 0.654. The van der Waals surface area contributed by atoms with E-state index in [1.54, 1.807) is 16.7 Å². The van der Waals surface area contributed by atoms with Gasteiger partial charge in [-0.1, -0.05) is 36.4 Å². The number of rotatable bonds is 6. The first kappa shape index (κ1) is 20.1. The molecule has 30 heavy (non-hydrogen) atoms. The average Bonchev–Trinajstić information content (AvgIpc) is 3.05. The van der Waals surface area contributed by atoms with Crippen LogP contribution in [0.25, 0.3) is 10.9 Å². The van der Waals surface area contributed by atoms with E-state index in [0.717, 1.165) is 30.5 Å². The summed E-state index contributed by atoms with van der Waals surface area (Å²) in [6, 6.07) is 14.4. The predicted octanol–water partition coefficient (Wildman–Crippen LogP) is 2.82. The van der Waals surface area contributed by atoms with Gasteiger partial charge in [-0.15, -0.1) is 0 Å². The minimum absolute atomic E-state index is 0.191. The first-order valence-corrected chi connectivity index (χ1v) is 9.99. The molecule has 0 aliphatic carbocycles. The molecule has 0 saturated carbocycles. The van der Waals surface area contributed by atoms with Crippen LogP contribution >= 0.6 is 0 Å². The summed E-state index contributed by atoms with van der Waals surface area (Å²) in [5.41, 5.74) is 2.87. The number of aromatic nitrogens is 1. The fraction of sp³-hybridized carbons (Fsp3) is 0.304. The zero-order valence-corrected chi connectivity index (χ0v) is 16.9. The maximum absolute atomic E-state index is 12.2. The Morgan fingerprint density at radius 2 is 1.70 bits per heavy atom. The van der Waals surface area contributed by atoms with E-state index in [1.165, 1.54) is 11.6 Å². The van der Waals surface area contributed by atoms with E-state index >= 15 is 0 Å². The minimum atomic E-state index is -0.996. The van der Waals surface area contributed by atoms with Gasteiger partial charge in [-0.3, -0.25) is 14.6 Å². The molecular weight excluding hydrogens is 382 g/mol. The van der Waals surface area contributed by atoms with E-state index in [0.29, 0.717) is 18.7 Å². The normalized spacial score (nSPS) is 16.6. The number of carboxylic acid groups (broad SMARTS) is 2. The number of benzene rings is 2. The van der Waals surface area contributed by atoms with Crippen LogP contribution in [0.2, 0.25) is 0 Å². The van der Waals surface area contributed by atoms with Crippen molar-refractivity contribution in [2.24, 2.45) is 7.05 Å². The van der Waals surface area contributed by atoms with Crippen molar-refractivity contribution in [2.75, 3.05) is 26.2 Å². The van der Waals surface area contributed by atoms with E-state index in [2.05, 4.69) is 17.0 Å². The largest absolute Gasteiger partial charge is 0.480 e. The van der Waals surface area contributed by atoms with Crippen LogP contribution in [0.5, 0.6) is 0 Å². The molecule has 7 heteroatoms. The summed E-state index contributed by atoms with van der Waals surface area (Å²) < 4.78 is 1.80. The van der Waals surface area contributed by atoms with Crippen LogP contribution in [0.3, 0.4) is 0 Å². The van der Waals surface area contributed by atoms with E-state index in [1.807, 2.05) is 36.3 Å². The molecule has 156 valence electrons. The fourth-order valence-corrected chi connectivity index (χ4v) is 4.27. The standard InChI is InChI=1S/C23H25N3O4/c1-24-15-19(18-8-7-17(22(27)28)13-20(18)24)21(23(29)30)26-11-9-25(10-12-26)14-16-5-3-2-4-6-16/h2-8,13,15,21H,9-12,14H2,1H3,(H,27,28)(H,29,30). The minimum Gasteiger partial charge on any atom is -0.480 e. The second-order valence-electron chi connectivity index (χ2n) is 7.77. The summed E-state index contributed by atoms with van der Waals surface area (Å²) in [5, 5.41) is 20.1. The highest BCUT2D eigenvalue weighted by Gasteiger charge is 2.32. The maximum atomic E-state index is 12.2. The topological polar surface area (TPSA) is 86.0 Å². The SMILES string of the molecule is Cn1cc(C(C(=O)O)N2CCN(Cc3ccccc3)CC2)c2ccc(C(=O)O)cc21. The highest BCUT2D eigenvalue weighted by atomic mass is 16.4. The maximum Gasteiger partial charge on any atom is 0.335 e. The Morgan fingerprint density at radius 1 is 1.00 bits per heavy atom. The molecule has 0 spiro atoms. The predicted molar refractivity (Wildman–Crippen MR) is 114 cm³/mol. The molecule has 1 aliphatic heterocycles. The summed E-state index contributed by atoms with van der Waals surface area (Å²) in [7, 11) is 1.81. The number of aryl methyl sites for hydroxylation is 1. The van der Waals surface area contributed by atoms with Crippen LogP contribution in [0.15, 0.2) is 54.7 Å². The zero-order chi connectivity index (χ0) is 21.3. The van der Waals surface area contributed by atoms with Crippen molar-refractivity contribution in [1.29, 1.82) is 0 Å². The lowest BCUT2D eigenvalue weighted by Gasteiger charge is -2.37. The van der Waals surface area contributed by atoms with Crippen molar-refractivity contribution < 1.29 is 19.8 Å². The van der Waals surface area contributed by atoms with E-state index in [9.17, 15) is 19.8 Å². The monoisotopic (exact) mass is 407 g/mol.